The van der Waals surface area contributed by atoms with E-state index in [-0.39, 0.29) is 34.7 Å². The Kier molecular flexibility index (Phi) is 5.48. The topological polar surface area (TPSA) is 94.8 Å². The molecule has 0 bridgehead atoms. The summed E-state index contributed by atoms with van der Waals surface area (Å²) in [5, 5.41) is 32.5. The Morgan fingerprint density at radius 2 is 1.54 bits per heavy atom. The number of hydrogen-bond acceptors (Lipinski definition) is 3. The third-order valence-electron chi connectivity index (χ3n) is 13.2. The molecule has 196 valence electrons. The number of carbonyl (C=O) groups is 2. The van der Waals surface area contributed by atoms with Crippen LogP contribution >= 0.6 is 0 Å². The van der Waals surface area contributed by atoms with Crippen LogP contribution in [0, 0.1) is 56.7 Å². The predicted molar refractivity (Wildman–Crippen MR) is 135 cm³/mol. The zero-order valence-corrected chi connectivity index (χ0v) is 22.6. The van der Waals surface area contributed by atoms with Gasteiger partial charge in [0.05, 0.1) is 16.9 Å². The molecule has 5 aliphatic rings. The molecule has 3 N–H and O–H groups in total. The van der Waals surface area contributed by atoms with Gasteiger partial charge in [-0.3, -0.25) is 9.59 Å². The van der Waals surface area contributed by atoms with Crippen molar-refractivity contribution < 1.29 is 24.9 Å². The number of allylic oxidation sites excluding steroid dienone is 1. The highest BCUT2D eigenvalue weighted by Gasteiger charge is 2.73. The van der Waals surface area contributed by atoms with E-state index >= 15 is 0 Å². The van der Waals surface area contributed by atoms with Gasteiger partial charge in [0.2, 0.25) is 0 Å². The van der Waals surface area contributed by atoms with E-state index < -0.39 is 28.2 Å². The number of fused-ring (bicyclic) bond motifs is 7. The highest BCUT2D eigenvalue weighted by atomic mass is 16.4. The fourth-order valence-electron chi connectivity index (χ4n) is 11.0. The van der Waals surface area contributed by atoms with Crippen molar-refractivity contribution in [2.45, 2.75) is 105 Å². The van der Waals surface area contributed by atoms with Crippen molar-refractivity contribution in [2.24, 2.45) is 56.7 Å². The molecule has 0 aromatic carbocycles. The van der Waals surface area contributed by atoms with Gasteiger partial charge in [-0.1, -0.05) is 53.2 Å². The van der Waals surface area contributed by atoms with Crippen LogP contribution in [0.4, 0.5) is 0 Å². The van der Waals surface area contributed by atoms with Gasteiger partial charge in [-0.2, -0.15) is 0 Å². The quantitative estimate of drug-likeness (QED) is 0.407. The van der Waals surface area contributed by atoms with Gasteiger partial charge in [-0.25, -0.2) is 0 Å². The Bertz CT molecular complexity index is 968. The summed E-state index contributed by atoms with van der Waals surface area (Å²) in [4.78, 5) is 26.3. The summed E-state index contributed by atoms with van der Waals surface area (Å²) in [6.07, 6.45) is 8.62. The molecule has 0 aromatic rings. The molecule has 0 saturated heterocycles. The average molecular weight is 487 g/mol. The van der Waals surface area contributed by atoms with E-state index in [9.17, 15) is 24.9 Å². The molecule has 0 radical (unpaired) electrons. The number of aliphatic hydroxyl groups excluding tert-OH is 1. The zero-order valence-electron chi connectivity index (χ0n) is 22.6. The number of rotatable bonds is 2. The Morgan fingerprint density at radius 1 is 0.857 bits per heavy atom. The molecule has 5 aliphatic carbocycles. The van der Waals surface area contributed by atoms with Gasteiger partial charge in [0.15, 0.2) is 0 Å². The molecule has 5 heteroatoms. The van der Waals surface area contributed by atoms with Gasteiger partial charge in [0.1, 0.15) is 0 Å². The normalized spacial score (nSPS) is 52.7. The second kappa shape index (κ2) is 7.58. The van der Waals surface area contributed by atoms with Gasteiger partial charge in [-0.05, 0) is 104 Å². The van der Waals surface area contributed by atoms with Crippen LogP contribution in [-0.4, -0.2) is 33.4 Å². The molecule has 4 fully saturated rings. The first-order valence-electron chi connectivity index (χ1n) is 14.1. The molecule has 0 aromatic heterocycles. The van der Waals surface area contributed by atoms with Crippen molar-refractivity contribution in [3.05, 3.63) is 11.6 Å². The Labute approximate surface area is 210 Å². The predicted octanol–water partition coefficient (Wildman–Crippen LogP) is 6.15. The smallest absolute Gasteiger partial charge is 0.314 e. The van der Waals surface area contributed by atoms with Crippen LogP contribution in [0.3, 0.4) is 0 Å². The molecule has 10 atom stereocenters. The van der Waals surface area contributed by atoms with E-state index in [4.69, 9.17) is 0 Å². The van der Waals surface area contributed by atoms with Crippen molar-refractivity contribution in [1.29, 1.82) is 0 Å². The minimum absolute atomic E-state index is 0.0347. The third kappa shape index (κ3) is 2.85. The fraction of sp³-hybridized carbons (Fsp3) is 0.867. The van der Waals surface area contributed by atoms with E-state index in [0.717, 1.165) is 44.1 Å². The van der Waals surface area contributed by atoms with Crippen LogP contribution in [0.2, 0.25) is 0 Å². The Balaban J connectivity index is 1.68. The average Bonchev–Trinajstić information content (AvgIpc) is 2.78. The van der Waals surface area contributed by atoms with Crippen molar-refractivity contribution >= 4 is 11.9 Å². The Morgan fingerprint density at radius 3 is 2.17 bits per heavy atom. The number of carboxylic acid groups (broad SMARTS) is 2. The van der Waals surface area contributed by atoms with Crippen molar-refractivity contribution in [2.75, 3.05) is 0 Å². The lowest BCUT2D eigenvalue weighted by Gasteiger charge is -2.70. The third-order valence-corrected chi connectivity index (χ3v) is 13.2. The first-order valence-corrected chi connectivity index (χ1v) is 14.1. The van der Waals surface area contributed by atoms with Gasteiger partial charge in [0.25, 0.3) is 0 Å². The summed E-state index contributed by atoms with van der Waals surface area (Å²) in [7, 11) is 0. The molecule has 5 rings (SSSR count). The SMILES string of the molecule is C[C@H]1[C@H](C)CC[C@]2(C(=O)O)CC[C@]3(C(=O)O)C(=CC[C@H]4[C@@]5(C)CC[C@H](O)C(C)(C)[C@H]5CC[C@]43C)[C@H]12. The van der Waals surface area contributed by atoms with E-state index in [1.165, 1.54) is 0 Å². The summed E-state index contributed by atoms with van der Waals surface area (Å²) < 4.78 is 0. The van der Waals surface area contributed by atoms with Crippen LogP contribution in [0.25, 0.3) is 0 Å². The first kappa shape index (κ1) is 25.3. The van der Waals surface area contributed by atoms with Crippen LogP contribution in [0.1, 0.15) is 99.3 Å². The van der Waals surface area contributed by atoms with Gasteiger partial charge in [-0.15, -0.1) is 0 Å². The minimum atomic E-state index is -1.00. The number of aliphatic hydroxyl groups is 1. The number of hydrogen-bond donors (Lipinski definition) is 3. The number of carboxylic acids is 2. The molecule has 35 heavy (non-hydrogen) atoms. The van der Waals surface area contributed by atoms with Crippen LogP contribution in [0.5, 0.6) is 0 Å². The second-order valence-corrected chi connectivity index (χ2v) is 14.4. The molecule has 5 nitrogen and oxygen atoms in total. The first-order chi connectivity index (χ1) is 16.2. The van der Waals surface area contributed by atoms with Gasteiger partial charge in [0, 0.05) is 0 Å². The van der Waals surface area contributed by atoms with Crippen molar-refractivity contribution in [3.8, 4) is 0 Å². The molecular weight excluding hydrogens is 440 g/mol. The molecule has 0 amide bonds. The van der Waals surface area contributed by atoms with Crippen molar-refractivity contribution in [1.82, 2.24) is 0 Å². The van der Waals surface area contributed by atoms with E-state index in [2.05, 4.69) is 47.6 Å². The summed E-state index contributed by atoms with van der Waals surface area (Å²) >= 11 is 0. The molecule has 0 spiro atoms. The highest BCUT2D eigenvalue weighted by Crippen LogP contribution is 2.75. The van der Waals surface area contributed by atoms with Crippen LogP contribution < -0.4 is 0 Å². The summed E-state index contributed by atoms with van der Waals surface area (Å²) in [6.45, 7) is 13.4. The molecule has 0 unspecified atom stereocenters. The molecular formula is C30H46O5. The summed E-state index contributed by atoms with van der Waals surface area (Å²) in [5.74, 6) is -0.563. The fourth-order valence-corrected chi connectivity index (χ4v) is 11.0. The van der Waals surface area contributed by atoms with E-state index in [1.54, 1.807) is 0 Å². The number of aliphatic carboxylic acids is 2. The second-order valence-electron chi connectivity index (χ2n) is 14.4. The molecule has 4 saturated carbocycles. The maximum absolute atomic E-state index is 13.5. The van der Waals surface area contributed by atoms with Crippen molar-refractivity contribution in [3.63, 3.8) is 0 Å². The Hall–Kier alpha value is -1.36. The highest BCUT2D eigenvalue weighted by molar-refractivity contribution is 5.84. The lowest BCUT2D eigenvalue weighted by atomic mass is 9.33. The van der Waals surface area contributed by atoms with Gasteiger partial charge >= 0.3 is 11.9 Å². The largest absolute Gasteiger partial charge is 0.481 e. The lowest BCUT2D eigenvalue weighted by molar-refractivity contribution is -0.216. The van der Waals surface area contributed by atoms with Crippen LogP contribution in [-0.2, 0) is 9.59 Å². The van der Waals surface area contributed by atoms with Crippen LogP contribution in [0.15, 0.2) is 11.6 Å². The van der Waals surface area contributed by atoms with E-state index in [0.29, 0.717) is 31.1 Å². The molecule has 0 heterocycles. The zero-order chi connectivity index (χ0) is 25.8. The standard InChI is InChI=1S/C30H46O5/c1-17-9-14-29(24(32)33)15-16-30(25(34)35)19(23(29)18(17)2)7-8-21-27(5)12-11-22(31)26(3,4)20(27)10-13-28(21,30)6/h7,17-18,20-23,31H,8-16H2,1-6H3,(H,32,33)(H,34,35)/t17-,18+,20-,21+,22+,23+,27+,28-,29+,30-/m1/s1. The lowest BCUT2D eigenvalue weighted by Crippen LogP contribution is -2.67. The molecule has 0 aliphatic heterocycles. The monoisotopic (exact) mass is 486 g/mol. The van der Waals surface area contributed by atoms with E-state index in [1.807, 2.05) is 0 Å². The van der Waals surface area contributed by atoms with Gasteiger partial charge < -0.3 is 15.3 Å². The maximum Gasteiger partial charge on any atom is 0.314 e. The minimum Gasteiger partial charge on any atom is -0.481 e. The summed E-state index contributed by atoms with van der Waals surface area (Å²) in [6, 6.07) is 0. The summed E-state index contributed by atoms with van der Waals surface area (Å²) in [5.41, 5.74) is -1.53. The maximum atomic E-state index is 13.5.